The van der Waals surface area contributed by atoms with Crippen molar-refractivity contribution in [1.82, 2.24) is 24.7 Å². The van der Waals surface area contributed by atoms with Gasteiger partial charge in [-0.1, -0.05) is 0 Å². The Labute approximate surface area is 173 Å². The second-order valence-electron chi connectivity index (χ2n) is 7.06. The number of rotatable bonds is 6. The fourth-order valence-electron chi connectivity index (χ4n) is 3.17. The molecular weight excluding hydrogens is 422 g/mol. The maximum atomic E-state index is 13.8. The first-order valence-corrected chi connectivity index (χ1v) is 9.18. The van der Waals surface area contributed by atoms with Gasteiger partial charge in [-0.05, 0) is 6.07 Å². The van der Waals surface area contributed by atoms with Crippen molar-refractivity contribution < 1.29 is 27.1 Å². The van der Waals surface area contributed by atoms with Gasteiger partial charge in [-0.2, -0.15) is 22.2 Å². The summed E-state index contributed by atoms with van der Waals surface area (Å²) in [7, 11) is 0. The number of halogens is 4. The molecule has 3 aromatic heterocycles. The van der Waals surface area contributed by atoms with Gasteiger partial charge in [0.05, 0.1) is 17.0 Å². The van der Waals surface area contributed by atoms with Crippen LogP contribution >= 0.6 is 0 Å². The average molecular weight is 439 g/mol. The lowest BCUT2D eigenvalue weighted by molar-refractivity contribution is -0.167. The Balaban J connectivity index is 1.78. The van der Waals surface area contributed by atoms with Crippen LogP contribution in [0.1, 0.15) is 19.5 Å². The SMILES string of the molecule is CC(=O)Nc1cc2c(cn1)c(N1CC(OC(F)F)C1)nn2-c1nccc(C(C)(F)F)n1. The third kappa shape index (κ3) is 4.26. The zero-order chi connectivity index (χ0) is 22.3. The fraction of sp³-hybridized carbons (Fsp3) is 0.389. The first kappa shape index (κ1) is 20.9. The number of fused-ring (bicyclic) bond motifs is 1. The Morgan fingerprint density at radius 3 is 2.71 bits per heavy atom. The second kappa shape index (κ2) is 7.72. The fourth-order valence-corrected chi connectivity index (χ4v) is 3.17. The van der Waals surface area contributed by atoms with Crippen LogP contribution in [-0.2, 0) is 15.5 Å². The van der Waals surface area contributed by atoms with E-state index >= 15 is 0 Å². The first-order chi connectivity index (χ1) is 14.6. The molecule has 0 aliphatic carbocycles. The predicted octanol–water partition coefficient (Wildman–Crippen LogP) is 2.71. The predicted molar refractivity (Wildman–Crippen MR) is 101 cm³/mol. The summed E-state index contributed by atoms with van der Waals surface area (Å²) in [5, 5.41) is 7.45. The van der Waals surface area contributed by atoms with Gasteiger partial charge in [0.25, 0.3) is 11.9 Å². The largest absolute Gasteiger partial charge is 0.349 e. The standard InChI is InChI=1S/C18H17F4N7O2/c1-9(30)25-14-5-12-11(6-24-14)15(28-7-10(8-28)31-16(19)20)27-29(12)17-23-4-3-13(26-17)18(2,21)22/h3-6,10,16H,7-8H2,1-2H3,(H,24,25,30). The Bertz CT molecular complexity index is 1130. The van der Waals surface area contributed by atoms with Crippen LogP contribution in [0, 0.1) is 0 Å². The Morgan fingerprint density at radius 2 is 2.06 bits per heavy atom. The third-order valence-electron chi connectivity index (χ3n) is 4.58. The molecule has 13 heteroatoms. The molecule has 9 nitrogen and oxygen atoms in total. The minimum absolute atomic E-state index is 0.115. The quantitative estimate of drug-likeness (QED) is 0.590. The average Bonchev–Trinajstić information content (AvgIpc) is 3.01. The molecule has 4 heterocycles. The normalized spacial score (nSPS) is 14.9. The topological polar surface area (TPSA) is 98.1 Å². The molecule has 1 aliphatic rings. The van der Waals surface area contributed by atoms with Gasteiger partial charge < -0.3 is 15.0 Å². The molecule has 1 saturated heterocycles. The lowest BCUT2D eigenvalue weighted by atomic mass is 10.1. The molecule has 0 radical (unpaired) electrons. The van der Waals surface area contributed by atoms with Crippen molar-refractivity contribution in [1.29, 1.82) is 0 Å². The van der Waals surface area contributed by atoms with Crippen molar-refractivity contribution >= 4 is 28.4 Å². The smallest absolute Gasteiger partial charge is 0.345 e. The number of carbonyl (C=O) groups excluding carboxylic acids is 1. The van der Waals surface area contributed by atoms with Crippen molar-refractivity contribution in [3.05, 3.63) is 30.2 Å². The number of aromatic nitrogens is 5. The van der Waals surface area contributed by atoms with Crippen LogP contribution in [0.2, 0.25) is 0 Å². The van der Waals surface area contributed by atoms with E-state index in [4.69, 9.17) is 0 Å². The van der Waals surface area contributed by atoms with E-state index in [1.165, 1.54) is 30.1 Å². The lowest BCUT2D eigenvalue weighted by Gasteiger charge is -2.38. The number of nitrogens with one attached hydrogen (secondary N) is 1. The molecule has 4 rings (SSSR count). The number of anilines is 2. The van der Waals surface area contributed by atoms with Crippen LogP contribution in [0.4, 0.5) is 29.2 Å². The van der Waals surface area contributed by atoms with Crippen LogP contribution in [0.25, 0.3) is 16.9 Å². The Kier molecular flexibility index (Phi) is 5.21. The summed E-state index contributed by atoms with van der Waals surface area (Å²) in [5.74, 6) is -3.06. The molecule has 1 N–H and O–H groups in total. The van der Waals surface area contributed by atoms with Gasteiger partial charge in [-0.25, -0.2) is 15.0 Å². The van der Waals surface area contributed by atoms with Gasteiger partial charge in [0, 0.05) is 45.4 Å². The van der Waals surface area contributed by atoms with Crippen LogP contribution in [-0.4, -0.2) is 56.4 Å². The summed E-state index contributed by atoms with van der Waals surface area (Å²) in [6.07, 6.45) is 1.97. The van der Waals surface area contributed by atoms with Crippen LogP contribution in [0.3, 0.4) is 0 Å². The number of carbonyl (C=O) groups is 1. The van der Waals surface area contributed by atoms with E-state index in [1.54, 1.807) is 4.90 Å². The molecule has 31 heavy (non-hydrogen) atoms. The van der Waals surface area contributed by atoms with Gasteiger partial charge in [-0.15, -0.1) is 5.10 Å². The molecule has 0 bridgehead atoms. The second-order valence-corrected chi connectivity index (χ2v) is 7.06. The van der Waals surface area contributed by atoms with E-state index in [0.29, 0.717) is 23.6 Å². The summed E-state index contributed by atoms with van der Waals surface area (Å²) < 4.78 is 58.1. The van der Waals surface area contributed by atoms with Crippen LogP contribution < -0.4 is 10.2 Å². The van der Waals surface area contributed by atoms with Crippen molar-refractivity contribution in [3.8, 4) is 5.95 Å². The number of alkyl halides is 4. The molecule has 0 aromatic carbocycles. The molecular formula is C18H17F4N7O2. The van der Waals surface area contributed by atoms with E-state index in [0.717, 1.165) is 6.07 Å². The molecule has 0 saturated carbocycles. The highest BCUT2D eigenvalue weighted by Crippen LogP contribution is 2.33. The number of hydrogen-bond acceptors (Lipinski definition) is 7. The Hall–Kier alpha value is -3.35. The molecule has 1 fully saturated rings. The Morgan fingerprint density at radius 1 is 1.32 bits per heavy atom. The molecule has 0 unspecified atom stereocenters. The number of pyridine rings is 1. The van der Waals surface area contributed by atoms with E-state index in [9.17, 15) is 22.4 Å². The highest BCUT2D eigenvalue weighted by Gasteiger charge is 2.34. The van der Waals surface area contributed by atoms with E-state index in [1.807, 2.05) is 0 Å². The maximum absolute atomic E-state index is 13.8. The molecule has 0 spiro atoms. The van der Waals surface area contributed by atoms with Crippen LogP contribution in [0.15, 0.2) is 24.5 Å². The molecule has 164 valence electrons. The summed E-state index contributed by atoms with van der Waals surface area (Å²) in [5.41, 5.74) is -0.100. The van der Waals surface area contributed by atoms with Gasteiger partial charge in [0.2, 0.25) is 5.91 Å². The van der Waals surface area contributed by atoms with Crippen LogP contribution in [0.5, 0.6) is 0 Å². The first-order valence-electron chi connectivity index (χ1n) is 9.18. The highest BCUT2D eigenvalue weighted by atomic mass is 19.3. The van der Waals surface area contributed by atoms with Crippen molar-refractivity contribution in [2.75, 3.05) is 23.3 Å². The molecule has 1 aliphatic heterocycles. The van der Waals surface area contributed by atoms with Crippen molar-refractivity contribution in [2.24, 2.45) is 0 Å². The van der Waals surface area contributed by atoms with Gasteiger partial charge >= 0.3 is 6.61 Å². The number of hydrogen-bond donors (Lipinski definition) is 1. The minimum Gasteiger partial charge on any atom is -0.349 e. The summed E-state index contributed by atoms with van der Waals surface area (Å²) in [6.45, 7) is -0.521. The molecule has 0 atom stereocenters. The van der Waals surface area contributed by atoms with Gasteiger partial charge in [-0.3, -0.25) is 4.79 Å². The zero-order valence-corrected chi connectivity index (χ0v) is 16.4. The lowest BCUT2D eigenvalue weighted by Crippen LogP contribution is -2.53. The summed E-state index contributed by atoms with van der Waals surface area (Å²) in [4.78, 5) is 25.2. The molecule has 1 amide bonds. The zero-order valence-electron chi connectivity index (χ0n) is 16.4. The highest BCUT2D eigenvalue weighted by molar-refractivity contribution is 5.95. The number of ether oxygens (including phenoxy) is 1. The van der Waals surface area contributed by atoms with Crippen molar-refractivity contribution in [3.63, 3.8) is 0 Å². The number of nitrogens with zero attached hydrogens (tertiary/aromatic N) is 6. The summed E-state index contributed by atoms with van der Waals surface area (Å²) in [6, 6.07) is 2.60. The van der Waals surface area contributed by atoms with E-state index in [-0.39, 0.29) is 30.8 Å². The minimum atomic E-state index is -3.19. The summed E-state index contributed by atoms with van der Waals surface area (Å²) >= 11 is 0. The monoisotopic (exact) mass is 439 g/mol. The number of amides is 1. The maximum Gasteiger partial charge on any atom is 0.345 e. The van der Waals surface area contributed by atoms with Crippen molar-refractivity contribution in [2.45, 2.75) is 32.5 Å². The van der Waals surface area contributed by atoms with E-state index < -0.39 is 24.3 Å². The molecule has 3 aromatic rings. The van der Waals surface area contributed by atoms with E-state index in [2.05, 4.69) is 30.1 Å². The van der Waals surface area contributed by atoms with Gasteiger partial charge in [0.1, 0.15) is 11.5 Å². The van der Waals surface area contributed by atoms with Gasteiger partial charge in [0.15, 0.2) is 5.82 Å². The third-order valence-corrected chi connectivity index (χ3v) is 4.58.